The third kappa shape index (κ3) is 6.86. The topological polar surface area (TPSA) is 235 Å². The average molecular weight is 650 g/mol. The summed E-state index contributed by atoms with van der Waals surface area (Å²) in [5, 5.41) is 46.5. The molecule has 0 radical (unpaired) electrons. The highest BCUT2D eigenvalue weighted by Crippen LogP contribution is 2.38. The van der Waals surface area contributed by atoms with Crippen molar-refractivity contribution in [3.05, 3.63) is 51.8 Å². The Bertz CT molecular complexity index is 1590. The number of amides is 6. The van der Waals surface area contributed by atoms with Crippen LogP contribution in [-0.2, 0) is 25.6 Å². The molecule has 0 aromatic heterocycles. The van der Waals surface area contributed by atoms with Gasteiger partial charge in [-0.05, 0) is 24.1 Å². The summed E-state index contributed by atoms with van der Waals surface area (Å²) in [4.78, 5) is 76.5. The number of carbonyl (C=O) groups excluding carboxylic acids is 5. The van der Waals surface area contributed by atoms with Gasteiger partial charge in [-0.15, -0.1) is 0 Å². The van der Waals surface area contributed by atoms with Gasteiger partial charge in [0.05, 0.1) is 11.0 Å². The van der Waals surface area contributed by atoms with E-state index in [1.807, 2.05) is 0 Å². The van der Waals surface area contributed by atoms with Crippen molar-refractivity contribution in [3.63, 3.8) is 0 Å². The molecule has 1 fully saturated rings. The Morgan fingerprint density at radius 2 is 1.84 bits per heavy atom. The minimum Gasteiger partial charge on any atom is -0.534 e. The van der Waals surface area contributed by atoms with E-state index in [0.717, 1.165) is 23.1 Å². The number of imide groups is 1. The quantitative estimate of drug-likeness (QED) is 0.107. The smallest absolute Gasteiger partial charge is 0.534 e. The molecule has 19 heteroatoms. The van der Waals surface area contributed by atoms with Gasteiger partial charge in [-0.1, -0.05) is 23.7 Å². The lowest BCUT2D eigenvalue weighted by molar-refractivity contribution is -0.153. The van der Waals surface area contributed by atoms with Crippen molar-refractivity contribution in [2.45, 2.75) is 25.3 Å². The van der Waals surface area contributed by atoms with Gasteiger partial charge in [-0.2, -0.15) is 0 Å². The highest BCUT2D eigenvalue weighted by molar-refractivity contribution is 6.47. The summed E-state index contributed by atoms with van der Waals surface area (Å²) in [6.45, 7) is 0.980. The number of halogens is 2. The molecule has 0 aliphatic carbocycles. The second-order valence-corrected chi connectivity index (χ2v) is 10.4. The number of nitrogens with one attached hydrogen (secondary N) is 3. The third-order valence-corrected chi connectivity index (χ3v) is 7.43. The standard InChI is InChI=1S/C26H26BClFN5O11/c1-11(35)30-6-7-33-8-9-34(24(40)23(33)39)26(43)32-19(13-3-5-15(36)20(37)18(13)28)22(38)31-16-10-12-2-4-14(29)17(25(41)42)21(12)45-27(16)44/h2-5,16,19,36-37,44H,6-10H2,1H3,(H,30,35)(H,31,38)(H,32,43)(H,41,42)/t16-,19?/m0/s1. The molecule has 1 unspecified atom stereocenters. The number of hydrogen-bond donors (Lipinski definition) is 7. The predicted molar refractivity (Wildman–Crippen MR) is 151 cm³/mol. The van der Waals surface area contributed by atoms with Crippen molar-refractivity contribution < 1.29 is 58.2 Å². The van der Waals surface area contributed by atoms with Crippen LogP contribution in [0.5, 0.6) is 17.2 Å². The first kappa shape index (κ1) is 32.8. The molecule has 45 heavy (non-hydrogen) atoms. The predicted octanol–water partition coefficient (Wildman–Crippen LogP) is -0.714. The molecule has 2 aromatic carbocycles. The molecular formula is C26H26BClFN5O11. The second-order valence-electron chi connectivity index (χ2n) is 9.99. The van der Waals surface area contributed by atoms with Crippen molar-refractivity contribution in [2.75, 3.05) is 26.2 Å². The molecule has 7 N–H and O–H groups in total. The minimum atomic E-state index is -1.88. The normalized spacial score (nSPS) is 16.8. The fourth-order valence-electron chi connectivity index (χ4n) is 4.75. The van der Waals surface area contributed by atoms with Crippen LogP contribution >= 0.6 is 11.6 Å². The zero-order valence-electron chi connectivity index (χ0n) is 23.4. The number of carboxylic acids is 1. The molecule has 6 amide bonds. The van der Waals surface area contributed by atoms with Gasteiger partial charge in [0.15, 0.2) is 11.5 Å². The third-order valence-electron chi connectivity index (χ3n) is 7.03. The maximum absolute atomic E-state index is 14.1. The summed E-state index contributed by atoms with van der Waals surface area (Å²) >= 11 is 6.17. The number of phenolic OH excluding ortho intramolecular Hbond substituents is 2. The fourth-order valence-corrected chi connectivity index (χ4v) is 5.02. The number of aromatic hydroxyl groups is 2. The summed E-state index contributed by atoms with van der Waals surface area (Å²) in [5.74, 6) is -9.64. The Morgan fingerprint density at radius 1 is 1.13 bits per heavy atom. The summed E-state index contributed by atoms with van der Waals surface area (Å²) in [5.41, 5.74) is -0.944. The van der Waals surface area contributed by atoms with Crippen LogP contribution in [0.3, 0.4) is 0 Å². The van der Waals surface area contributed by atoms with E-state index in [4.69, 9.17) is 16.3 Å². The van der Waals surface area contributed by atoms with Gasteiger partial charge in [0.25, 0.3) is 0 Å². The van der Waals surface area contributed by atoms with Crippen LogP contribution in [0, 0.1) is 5.82 Å². The molecule has 4 rings (SSSR count). The van der Waals surface area contributed by atoms with E-state index in [-0.39, 0.29) is 49.6 Å². The molecule has 2 aromatic rings. The largest absolute Gasteiger partial charge is 0.547 e. The van der Waals surface area contributed by atoms with E-state index in [9.17, 15) is 53.5 Å². The highest BCUT2D eigenvalue weighted by atomic mass is 35.5. The van der Waals surface area contributed by atoms with Crippen LogP contribution in [0.4, 0.5) is 9.18 Å². The van der Waals surface area contributed by atoms with Crippen LogP contribution in [0.1, 0.15) is 34.5 Å². The molecule has 2 heterocycles. The van der Waals surface area contributed by atoms with Crippen molar-refractivity contribution in [1.82, 2.24) is 25.8 Å². The number of benzene rings is 2. The zero-order chi connectivity index (χ0) is 33.2. The Labute approximate surface area is 258 Å². The molecule has 1 saturated heterocycles. The summed E-state index contributed by atoms with van der Waals surface area (Å²) in [7, 11) is -1.88. The zero-order valence-corrected chi connectivity index (χ0v) is 24.1. The molecular weight excluding hydrogens is 624 g/mol. The maximum atomic E-state index is 14.1. The summed E-state index contributed by atoms with van der Waals surface area (Å²) in [6, 6.07) is 1.15. The number of hydrogen-bond acceptors (Lipinski definition) is 10. The number of nitrogens with zero attached hydrogens (tertiary/aromatic N) is 2. The molecule has 238 valence electrons. The summed E-state index contributed by atoms with van der Waals surface area (Å²) < 4.78 is 19.3. The molecule has 0 bridgehead atoms. The minimum absolute atomic E-state index is 0.00253. The van der Waals surface area contributed by atoms with Crippen LogP contribution < -0.4 is 20.6 Å². The van der Waals surface area contributed by atoms with Crippen LogP contribution in [0.15, 0.2) is 24.3 Å². The van der Waals surface area contributed by atoms with Crippen LogP contribution in [0.25, 0.3) is 0 Å². The lowest BCUT2D eigenvalue weighted by atomic mass is 9.72. The number of phenols is 2. The van der Waals surface area contributed by atoms with E-state index >= 15 is 0 Å². The Kier molecular flexibility index (Phi) is 9.67. The van der Waals surface area contributed by atoms with E-state index < -0.39 is 82.5 Å². The van der Waals surface area contributed by atoms with Crippen LogP contribution in [-0.4, -0.2) is 105 Å². The van der Waals surface area contributed by atoms with Crippen molar-refractivity contribution >= 4 is 54.3 Å². The van der Waals surface area contributed by atoms with E-state index in [1.165, 1.54) is 13.0 Å². The van der Waals surface area contributed by atoms with Crippen molar-refractivity contribution in [3.8, 4) is 17.2 Å². The highest BCUT2D eigenvalue weighted by Gasteiger charge is 2.42. The van der Waals surface area contributed by atoms with Gasteiger partial charge in [0, 0.05) is 38.7 Å². The molecule has 0 spiro atoms. The van der Waals surface area contributed by atoms with Gasteiger partial charge < -0.3 is 45.8 Å². The maximum Gasteiger partial charge on any atom is 0.547 e. The van der Waals surface area contributed by atoms with E-state index in [1.54, 1.807) is 0 Å². The second kappa shape index (κ2) is 13.3. The Morgan fingerprint density at radius 3 is 2.51 bits per heavy atom. The first-order chi connectivity index (χ1) is 21.2. The van der Waals surface area contributed by atoms with Crippen molar-refractivity contribution in [2.24, 2.45) is 0 Å². The van der Waals surface area contributed by atoms with Gasteiger partial charge in [0.1, 0.15) is 23.2 Å². The molecule has 0 saturated carbocycles. The number of aromatic carboxylic acids is 1. The number of piperazine rings is 1. The van der Waals surface area contributed by atoms with E-state index in [0.29, 0.717) is 4.90 Å². The Balaban J connectivity index is 1.56. The van der Waals surface area contributed by atoms with E-state index in [2.05, 4.69) is 16.0 Å². The van der Waals surface area contributed by atoms with Gasteiger partial charge in [-0.3, -0.25) is 24.1 Å². The number of carboxylic acid groups (broad SMARTS) is 1. The first-order valence-electron chi connectivity index (χ1n) is 13.3. The monoisotopic (exact) mass is 649 g/mol. The SMILES string of the molecule is CC(=O)NCCN1CCN(C(=O)NC(C(=O)N[C@H]2Cc3ccc(F)c(C(=O)O)c3OB2O)c2ccc(O)c(O)c2Cl)C(=O)C1=O. The number of carbonyl (C=O) groups is 6. The van der Waals surface area contributed by atoms with Gasteiger partial charge in [-0.25, -0.2) is 14.0 Å². The van der Waals surface area contributed by atoms with Crippen molar-refractivity contribution in [1.29, 1.82) is 0 Å². The number of rotatable bonds is 8. The van der Waals surface area contributed by atoms with Crippen LogP contribution in [0.2, 0.25) is 5.02 Å². The molecule has 16 nitrogen and oxygen atoms in total. The lowest BCUT2D eigenvalue weighted by Crippen LogP contribution is -2.60. The number of urea groups is 1. The fraction of sp³-hybridized carbons (Fsp3) is 0.308. The molecule has 2 aliphatic rings. The first-order valence-corrected chi connectivity index (χ1v) is 13.6. The number of fused-ring (bicyclic) bond motifs is 1. The molecule has 2 aliphatic heterocycles. The average Bonchev–Trinajstić information content (AvgIpc) is 2.97. The summed E-state index contributed by atoms with van der Waals surface area (Å²) in [6.07, 6.45) is -0.245. The lowest BCUT2D eigenvalue weighted by Gasteiger charge is -2.34. The molecule has 2 atom stereocenters. The van der Waals surface area contributed by atoms with Gasteiger partial charge in [0.2, 0.25) is 11.8 Å². The Hall–Kier alpha value is -5.10. The van der Waals surface area contributed by atoms with Gasteiger partial charge >= 0.3 is 30.9 Å².